The van der Waals surface area contributed by atoms with Gasteiger partial charge in [-0.2, -0.15) is 0 Å². The summed E-state index contributed by atoms with van der Waals surface area (Å²) in [5.74, 6) is 0. The molecule has 0 bridgehead atoms. The summed E-state index contributed by atoms with van der Waals surface area (Å²) in [6.45, 7) is 3.31. The van der Waals surface area contributed by atoms with Gasteiger partial charge in [0.1, 0.15) is 0 Å². The van der Waals surface area contributed by atoms with E-state index in [9.17, 15) is 0 Å². The molecule has 0 aliphatic carbocycles. The van der Waals surface area contributed by atoms with Crippen molar-refractivity contribution in [3.8, 4) is 0 Å². The molecule has 0 fully saturated rings. The zero-order chi connectivity index (χ0) is 4.83. The fraction of sp³-hybridized carbons (Fsp3) is 0. The molecule has 0 unspecified atom stereocenters. The van der Waals surface area contributed by atoms with Gasteiger partial charge in [-0.15, -0.1) is 0 Å². The van der Waals surface area contributed by atoms with Gasteiger partial charge in [-0.3, -0.25) is 0 Å². The van der Waals surface area contributed by atoms with Crippen LogP contribution in [0.3, 0.4) is 0 Å². The van der Waals surface area contributed by atoms with E-state index in [4.69, 9.17) is 9.53 Å². The van der Waals surface area contributed by atoms with E-state index in [1.165, 1.54) is 6.26 Å². The van der Waals surface area contributed by atoms with Crippen molar-refractivity contribution >= 4 is 14.2 Å². The van der Waals surface area contributed by atoms with Gasteiger partial charge in [0, 0.05) is 0 Å². The van der Waals surface area contributed by atoms with E-state index in [2.05, 4.69) is 11.3 Å². The van der Waals surface area contributed by atoms with Gasteiger partial charge >= 0.3 is 48.3 Å². The van der Waals surface area contributed by atoms with Crippen LogP contribution in [0.4, 0.5) is 0 Å². The summed E-state index contributed by atoms with van der Waals surface area (Å²) in [4.78, 5) is 0. The minimum atomic E-state index is -0.638. The van der Waals surface area contributed by atoms with Crippen LogP contribution < -0.4 is 0 Å². The Morgan fingerprint density at radius 3 is 2.67 bits per heavy atom. The van der Waals surface area contributed by atoms with Crippen molar-refractivity contribution in [2.45, 2.75) is 0 Å². The van der Waals surface area contributed by atoms with E-state index >= 15 is 0 Å². The molecular weight excluding hydrogens is 274 g/mol. The fourth-order valence-corrected chi connectivity index (χ4v) is 0.775. The average molecular weight is 278 g/mol. The molecule has 3 heteroatoms. The van der Waals surface area contributed by atoms with Crippen molar-refractivity contribution in [1.29, 1.82) is 0 Å². The van der Waals surface area contributed by atoms with Crippen LogP contribution >= 0.6 is 9.53 Å². The van der Waals surface area contributed by atoms with Gasteiger partial charge in [-0.05, 0) is 0 Å². The molecule has 0 N–H and O–H groups in total. The number of hydrogen-bond acceptors (Lipinski definition) is 1. The zero-order valence-corrected chi connectivity index (χ0v) is 6.50. The van der Waals surface area contributed by atoms with Crippen LogP contribution in [-0.4, -0.2) is 4.67 Å². The van der Waals surface area contributed by atoms with Gasteiger partial charge in [-0.25, -0.2) is 0 Å². The molecular formula is C3H4ClORe. The monoisotopic (exact) mass is 278 g/mol. The normalized spacial score (nSPS) is 10.2. The SMILES string of the molecule is C=CO[CH]=[Re][Cl]. The Balaban J connectivity index is 2.85. The summed E-state index contributed by atoms with van der Waals surface area (Å²) in [7, 11) is 5.30. The maximum absolute atomic E-state index is 5.30. The molecule has 0 radical (unpaired) electrons. The van der Waals surface area contributed by atoms with Crippen LogP contribution in [-0.2, 0) is 21.2 Å². The Bertz CT molecular complexity index is 61.8. The van der Waals surface area contributed by atoms with Crippen LogP contribution in [0.25, 0.3) is 0 Å². The average Bonchev–Trinajstić information content (AvgIpc) is 1.61. The first-order valence-corrected chi connectivity index (χ1v) is 6.17. The predicted octanol–water partition coefficient (Wildman–Crippen LogP) is 1.14. The third kappa shape index (κ3) is 4.36. The minimum absolute atomic E-state index is 0.638. The molecule has 1 nitrogen and oxygen atoms in total. The summed E-state index contributed by atoms with van der Waals surface area (Å²) in [5.41, 5.74) is 0. The second-order valence-electron chi connectivity index (χ2n) is 0.474. The Morgan fingerprint density at radius 1 is 1.83 bits per heavy atom. The van der Waals surface area contributed by atoms with Crippen LogP contribution in [0.15, 0.2) is 12.8 Å². The Morgan fingerprint density at radius 2 is 2.50 bits per heavy atom. The summed E-state index contributed by atoms with van der Waals surface area (Å²) in [6, 6.07) is 0. The summed E-state index contributed by atoms with van der Waals surface area (Å²) >= 11 is -0.638. The Labute approximate surface area is 48.6 Å². The molecule has 0 rings (SSSR count). The second-order valence-corrected chi connectivity index (χ2v) is 3.06. The van der Waals surface area contributed by atoms with Gasteiger partial charge < -0.3 is 0 Å². The molecule has 0 aromatic heterocycles. The molecule has 6 heavy (non-hydrogen) atoms. The van der Waals surface area contributed by atoms with Crippen molar-refractivity contribution in [2.75, 3.05) is 0 Å². The van der Waals surface area contributed by atoms with Crippen LogP contribution in [0.1, 0.15) is 0 Å². The Hall–Kier alpha value is 0.362. The molecule has 0 aliphatic heterocycles. The van der Waals surface area contributed by atoms with Crippen LogP contribution in [0, 0.1) is 0 Å². The first-order valence-electron chi connectivity index (χ1n) is 1.24. The topological polar surface area (TPSA) is 9.23 Å². The molecule has 0 heterocycles. The van der Waals surface area contributed by atoms with E-state index < -0.39 is 16.5 Å². The quantitative estimate of drug-likeness (QED) is 0.688. The molecule has 0 aromatic rings. The van der Waals surface area contributed by atoms with Crippen molar-refractivity contribution in [3.63, 3.8) is 0 Å². The van der Waals surface area contributed by atoms with E-state index in [0.717, 1.165) is 0 Å². The van der Waals surface area contributed by atoms with E-state index in [0.29, 0.717) is 0 Å². The standard InChI is InChI=1S/C3H4O.ClH.Re/c1-3-4-2;;/h2-3H,1H2;1H;/q;;+1/p-1. The Kier molecular flexibility index (Phi) is 5.69. The molecule has 0 atom stereocenters. The maximum atomic E-state index is 5.30. The molecule has 0 aliphatic rings. The van der Waals surface area contributed by atoms with Crippen LogP contribution in [0.5, 0.6) is 0 Å². The molecule has 0 amide bonds. The number of halogens is 1. The number of hydrogen-bond donors (Lipinski definition) is 0. The molecule has 0 saturated heterocycles. The van der Waals surface area contributed by atoms with Gasteiger partial charge in [0.15, 0.2) is 0 Å². The van der Waals surface area contributed by atoms with Crippen molar-refractivity contribution in [1.82, 2.24) is 0 Å². The molecule has 0 aromatic carbocycles. The van der Waals surface area contributed by atoms with Gasteiger partial charge in [0.25, 0.3) is 0 Å². The second kappa shape index (κ2) is 5.36. The predicted molar refractivity (Wildman–Crippen MR) is 23.2 cm³/mol. The third-order valence-electron chi connectivity index (χ3n) is 0.181. The third-order valence-corrected chi connectivity index (χ3v) is 1.34. The van der Waals surface area contributed by atoms with E-state index in [1.807, 2.05) is 0 Å². The van der Waals surface area contributed by atoms with Gasteiger partial charge in [-0.1, -0.05) is 0 Å². The molecule has 36 valence electrons. The van der Waals surface area contributed by atoms with Crippen molar-refractivity contribution < 1.29 is 21.2 Å². The first-order chi connectivity index (χ1) is 2.91. The number of ether oxygens (including phenoxy) is 1. The van der Waals surface area contributed by atoms with Gasteiger partial charge in [0.2, 0.25) is 0 Å². The first kappa shape index (κ1) is 6.36. The van der Waals surface area contributed by atoms with Crippen LogP contribution in [0.2, 0.25) is 0 Å². The van der Waals surface area contributed by atoms with E-state index in [-0.39, 0.29) is 0 Å². The molecule has 0 saturated carbocycles. The van der Waals surface area contributed by atoms with Crippen molar-refractivity contribution in [2.24, 2.45) is 0 Å². The summed E-state index contributed by atoms with van der Waals surface area (Å²) in [6.07, 6.45) is 1.36. The van der Waals surface area contributed by atoms with E-state index in [1.54, 1.807) is 4.67 Å². The summed E-state index contributed by atoms with van der Waals surface area (Å²) < 4.78 is 6.16. The van der Waals surface area contributed by atoms with Gasteiger partial charge in [0.05, 0.1) is 0 Å². The molecule has 0 spiro atoms. The summed E-state index contributed by atoms with van der Waals surface area (Å²) in [5, 5.41) is 0. The van der Waals surface area contributed by atoms with Crippen molar-refractivity contribution in [3.05, 3.63) is 12.8 Å². The number of rotatable bonds is 2. The zero-order valence-electron chi connectivity index (χ0n) is 3.03. The fourth-order valence-electron chi connectivity index (χ4n) is 0.0558.